The molecule has 0 saturated carbocycles. The summed E-state index contributed by atoms with van der Waals surface area (Å²) in [7, 11) is 3.67. The highest BCUT2D eigenvalue weighted by atomic mass is 16.5. The van der Waals surface area contributed by atoms with Gasteiger partial charge >= 0.3 is 0 Å². The van der Waals surface area contributed by atoms with E-state index in [1.165, 1.54) is 0 Å². The Morgan fingerprint density at radius 2 is 1.83 bits per heavy atom. The smallest absolute Gasteiger partial charge is 0.235 e. The van der Waals surface area contributed by atoms with Crippen molar-refractivity contribution in [2.75, 3.05) is 40.3 Å². The van der Waals surface area contributed by atoms with E-state index in [1.807, 2.05) is 0 Å². The molecule has 0 atom stereocenters. The first kappa shape index (κ1) is 20.3. The lowest BCUT2D eigenvalue weighted by molar-refractivity contribution is 0.147. The third kappa shape index (κ3) is 3.99. The molecule has 0 radical (unpaired) electrons. The van der Waals surface area contributed by atoms with E-state index in [4.69, 9.17) is 13.9 Å². The van der Waals surface area contributed by atoms with Crippen molar-refractivity contribution in [2.24, 2.45) is 0 Å². The summed E-state index contributed by atoms with van der Waals surface area (Å²) in [5.74, 6) is 1.74. The van der Waals surface area contributed by atoms with Gasteiger partial charge in [-0.25, -0.2) is 0 Å². The SMILES string of the molecule is COc1cccc(Oc2c(C)oc3c(CN4CCN(C)CC4)c(O)ccc3c2=O)c1. The first-order chi connectivity index (χ1) is 14.5. The maximum absolute atomic E-state index is 13.2. The molecule has 158 valence electrons. The molecular weight excluding hydrogens is 384 g/mol. The van der Waals surface area contributed by atoms with Gasteiger partial charge in [0.15, 0.2) is 0 Å². The molecule has 1 saturated heterocycles. The third-order valence-corrected chi connectivity index (χ3v) is 5.50. The van der Waals surface area contributed by atoms with E-state index in [-0.39, 0.29) is 16.9 Å². The Morgan fingerprint density at radius 3 is 2.57 bits per heavy atom. The lowest BCUT2D eigenvalue weighted by atomic mass is 10.1. The van der Waals surface area contributed by atoms with Crippen LogP contribution < -0.4 is 14.9 Å². The van der Waals surface area contributed by atoms with Crippen LogP contribution in [0.3, 0.4) is 0 Å². The van der Waals surface area contributed by atoms with Gasteiger partial charge in [0.25, 0.3) is 0 Å². The minimum Gasteiger partial charge on any atom is -0.507 e. The Morgan fingerprint density at radius 1 is 1.10 bits per heavy atom. The number of hydrogen-bond donors (Lipinski definition) is 1. The van der Waals surface area contributed by atoms with E-state index in [0.717, 1.165) is 26.2 Å². The quantitative estimate of drug-likeness (QED) is 0.691. The second kappa shape index (κ2) is 8.38. The Kier molecular flexibility index (Phi) is 5.65. The van der Waals surface area contributed by atoms with Gasteiger partial charge in [-0.05, 0) is 38.2 Å². The molecule has 2 heterocycles. The highest BCUT2D eigenvalue weighted by Gasteiger charge is 2.21. The Balaban J connectivity index is 1.72. The minimum absolute atomic E-state index is 0.130. The van der Waals surface area contributed by atoms with E-state index in [1.54, 1.807) is 50.4 Å². The number of phenolic OH excluding ortho intramolecular Hbond substituents is 1. The van der Waals surface area contributed by atoms with Crippen molar-refractivity contribution < 1.29 is 19.0 Å². The molecule has 7 nitrogen and oxygen atoms in total. The summed E-state index contributed by atoms with van der Waals surface area (Å²) in [4.78, 5) is 17.7. The number of aryl methyl sites for hydroxylation is 1. The number of aromatic hydroxyl groups is 1. The average molecular weight is 410 g/mol. The fourth-order valence-electron chi connectivity index (χ4n) is 3.68. The van der Waals surface area contributed by atoms with Crippen LogP contribution in [0.15, 0.2) is 45.6 Å². The van der Waals surface area contributed by atoms with Gasteiger partial charge < -0.3 is 23.9 Å². The zero-order chi connectivity index (χ0) is 21.3. The van der Waals surface area contributed by atoms with Gasteiger partial charge in [0.2, 0.25) is 11.2 Å². The standard InChI is InChI=1S/C23H26N2O5/c1-15-22(30-17-6-4-5-16(13-17)28-3)21(27)18-7-8-20(26)19(23(18)29-15)14-25-11-9-24(2)10-12-25/h4-8,13,26H,9-12,14H2,1-3H3. The minimum atomic E-state index is -0.267. The summed E-state index contributed by atoms with van der Waals surface area (Å²) in [5, 5.41) is 10.9. The van der Waals surface area contributed by atoms with Crippen molar-refractivity contribution in [1.29, 1.82) is 0 Å². The summed E-state index contributed by atoms with van der Waals surface area (Å²) < 4.78 is 17.1. The number of likely N-dealkylation sites (N-methyl/N-ethyl adjacent to an activating group) is 1. The summed E-state index contributed by atoms with van der Waals surface area (Å²) in [5.41, 5.74) is 0.774. The summed E-state index contributed by atoms with van der Waals surface area (Å²) in [6.45, 7) is 5.94. The van der Waals surface area contributed by atoms with Crippen LogP contribution in [-0.2, 0) is 6.54 Å². The normalized spacial score (nSPS) is 15.4. The number of rotatable bonds is 5. The first-order valence-corrected chi connectivity index (χ1v) is 9.97. The number of piperazine rings is 1. The molecule has 3 aromatic rings. The van der Waals surface area contributed by atoms with Gasteiger partial charge in [0.1, 0.15) is 28.6 Å². The van der Waals surface area contributed by atoms with Gasteiger partial charge in [0.05, 0.1) is 18.1 Å². The van der Waals surface area contributed by atoms with Crippen molar-refractivity contribution in [1.82, 2.24) is 9.80 Å². The van der Waals surface area contributed by atoms with Crippen LogP contribution in [0.2, 0.25) is 0 Å². The Hall–Kier alpha value is -3.03. The predicted molar refractivity (Wildman–Crippen MR) is 115 cm³/mol. The van der Waals surface area contributed by atoms with E-state index in [9.17, 15) is 9.90 Å². The number of phenols is 1. The molecule has 1 aromatic heterocycles. The van der Waals surface area contributed by atoms with Crippen molar-refractivity contribution in [3.05, 3.63) is 57.9 Å². The van der Waals surface area contributed by atoms with E-state index >= 15 is 0 Å². The summed E-state index contributed by atoms with van der Waals surface area (Å²) in [6, 6.07) is 10.2. The van der Waals surface area contributed by atoms with Crippen LogP contribution in [-0.4, -0.2) is 55.2 Å². The molecule has 1 N–H and O–H groups in total. The second-order valence-corrected chi connectivity index (χ2v) is 7.62. The Bertz CT molecular complexity index is 1120. The molecule has 1 aliphatic heterocycles. The van der Waals surface area contributed by atoms with Crippen LogP contribution in [0.1, 0.15) is 11.3 Å². The third-order valence-electron chi connectivity index (χ3n) is 5.50. The lowest BCUT2D eigenvalue weighted by Gasteiger charge is -2.32. The molecule has 1 aliphatic rings. The lowest BCUT2D eigenvalue weighted by Crippen LogP contribution is -2.43. The summed E-state index contributed by atoms with van der Waals surface area (Å²) in [6.07, 6.45) is 0. The zero-order valence-corrected chi connectivity index (χ0v) is 17.5. The van der Waals surface area contributed by atoms with Crippen molar-refractivity contribution in [3.8, 4) is 23.0 Å². The van der Waals surface area contributed by atoms with Crippen molar-refractivity contribution >= 4 is 11.0 Å². The molecule has 0 aliphatic carbocycles. The molecule has 4 rings (SSSR count). The fourth-order valence-corrected chi connectivity index (χ4v) is 3.68. The van der Waals surface area contributed by atoms with Crippen LogP contribution in [0.25, 0.3) is 11.0 Å². The number of nitrogens with zero attached hydrogens (tertiary/aromatic N) is 2. The maximum atomic E-state index is 13.2. The molecule has 7 heteroatoms. The highest BCUT2D eigenvalue weighted by molar-refractivity contribution is 5.83. The molecule has 0 amide bonds. The van der Waals surface area contributed by atoms with E-state index < -0.39 is 0 Å². The average Bonchev–Trinajstić information content (AvgIpc) is 2.75. The number of benzene rings is 2. The van der Waals surface area contributed by atoms with Gasteiger partial charge in [-0.3, -0.25) is 9.69 Å². The predicted octanol–water partition coefficient (Wildman–Crippen LogP) is 3.36. The highest BCUT2D eigenvalue weighted by Crippen LogP contribution is 2.32. The second-order valence-electron chi connectivity index (χ2n) is 7.62. The monoisotopic (exact) mass is 410 g/mol. The topological polar surface area (TPSA) is 75.4 Å². The van der Waals surface area contributed by atoms with Crippen LogP contribution >= 0.6 is 0 Å². The molecular formula is C23H26N2O5. The number of ether oxygens (including phenoxy) is 2. The zero-order valence-electron chi connectivity index (χ0n) is 17.5. The molecule has 0 bridgehead atoms. The van der Waals surface area contributed by atoms with Crippen LogP contribution in [0, 0.1) is 6.92 Å². The van der Waals surface area contributed by atoms with Crippen LogP contribution in [0.4, 0.5) is 0 Å². The fraction of sp³-hybridized carbons (Fsp3) is 0.348. The van der Waals surface area contributed by atoms with Gasteiger partial charge in [-0.15, -0.1) is 0 Å². The van der Waals surface area contributed by atoms with E-state index in [2.05, 4.69) is 16.8 Å². The molecule has 0 unspecified atom stereocenters. The molecule has 0 spiro atoms. The number of methoxy groups -OCH3 is 1. The molecule has 1 fully saturated rings. The van der Waals surface area contributed by atoms with Crippen molar-refractivity contribution in [3.63, 3.8) is 0 Å². The van der Waals surface area contributed by atoms with Gasteiger partial charge in [0, 0.05) is 38.8 Å². The molecule has 2 aromatic carbocycles. The maximum Gasteiger partial charge on any atom is 0.235 e. The van der Waals surface area contributed by atoms with Crippen LogP contribution in [0.5, 0.6) is 23.0 Å². The largest absolute Gasteiger partial charge is 0.507 e. The number of fused-ring (bicyclic) bond motifs is 1. The Labute approximate surface area is 175 Å². The van der Waals surface area contributed by atoms with Crippen molar-refractivity contribution in [2.45, 2.75) is 13.5 Å². The van der Waals surface area contributed by atoms with Gasteiger partial charge in [-0.2, -0.15) is 0 Å². The number of hydrogen-bond acceptors (Lipinski definition) is 7. The van der Waals surface area contributed by atoms with Gasteiger partial charge in [-0.1, -0.05) is 6.07 Å². The van der Waals surface area contributed by atoms with E-state index in [0.29, 0.717) is 40.3 Å². The first-order valence-electron chi connectivity index (χ1n) is 9.97. The summed E-state index contributed by atoms with van der Waals surface area (Å²) >= 11 is 0. The molecule has 30 heavy (non-hydrogen) atoms.